The first-order valence-electron chi connectivity index (χ1n) is 8.13. The highest BCUT2D eigenvalue weighted by molar-refractivity contribution is 5.79. The summed E-state index contributed by atoms with van der Waals surface area (Å²) in [5.74, 6) is 0. The summed E-state index contributed by atoms with van der Waals surface area (Å²) in [6, 6.07) is 26.5. The summed E-state index contributed by atoms with van der Waals surface area (Å²) in [5.41, 5.74) is 1.81. The van der Waals surface area contributed by atoms with E-state index in [9.17, 15) is 5.11 Å². The number of rotatable bonds is 2. The fourth-order valence-electron chi connectivity index (χ4n) is 3.00. The Morgan fingerprint density at radius 3 is 1.75 bits per heavy atom. The van der Waals surface area contributed by atoms with Crippen molar-refractivity contribution in [3.8, 4) is 0 Å². The molecule has 1 heteroatoms. The first-order valence-corrected chi connectivity index (χ1v) is 8.13. The zero-order valence-electron chi connectivity index (χ0n) is 13.3. The topological polar surface area (TPSA) is 20.2 Å². The van der Waals surface area contributed by atoms with Crippen LogP contribution in [-0.4, -0.2) is 5.11 Å². The van der Waals surface area contributed by atoms with Gasteiger partial charge in [0.1, 0.15) is 6.10 Å². The molecule has 0 spiro atoms. The lowest BCUT2D eigenvalue weighted by Crippen LogP contribution is -2.17. The fraction of sp³-hybridized carbons (Fsp3) is 0.0435. The van der Waals surface area contributed by atoms with Gasteiger partial charge in [-0.15, -0.1) is 0 Å². The first-order chi connectivity index (χ1) is 11.8. The first kappa shape index (κ1) is 14.7. The van der Waals surface area contributed by atoms with E-state index in [1.165, 1.54) is 5.22 Å². The molecule has 0 aliphatic heterocycles. The number of hydrogen-bond donors (Lipinski definition) is 1. The number of hydrogen-bond acceptors (Lipinski definition) is 1. The molecular weight excluding hydrogens is 292 g/mol. The number of aliphatic hydroxyl groups excluding tert-OH is 1. The van der Waals surface area contributed by atoms with E-state index in [0.29, 0.717) is 0 Å². The minimum absolute atomic E-state index is 0.657. The fourth-order valence-corrected chi connectivity index (χ4v) is 3.00. The average Bonchev–Trinajstić information content (AvgIpc) is 2.64. The van der Waals surface area contributed by atoms with Crippen LogP contribution in [0.5, 0.6) is 0 Å². The molecule has 0 saturated heterocycles. The van der Waals surface area contributed by atoms with Gasteiger partial charge in [0, 0.05) is 0 Å². The average molecular weight is 310 g/mol. The Hall–Kier alpha value is -2.90. The molecule has 0 fully saturated rings. The van der Waals surface area contributed by atoms with E-state index in [1.54, 1.807) is 0 Å². The SMILES string of the molecule is OC(C1=c2ccc(cc2)=CC=c2ccc(cc2)=C1)c1ccccc1. The van der Waals surface area contributed by atoms with E-state index in [2.05, 4.69) is 66.8 Å². The van der Waals surface area contributed by atoms with Crippen molar-refractivity contribution < 1.29 is 5.11 Å². The van der Waals surface area contributed by atoms with Crippen LogP contribution in [0.2, 0.25) is 0 Å². The summed E-state index contributed by atoms with van der Waals surface area (Å²) in [4.78, 5) is 0. The van der Waals surface area contributed by atoms with Crippen LogP contribution in [0.3, 0.4) is 0 Å². The molecule has 1 unspecified atom stereocenters. The van der Waals surface area contributed by atoms with Crippen LogP contribution >= 0.6 is 0 Å². The number of benzene rings is 3. The second-order valence-corrected chi connectivity index (χ2v) is 6.03. The molecule has 0 amide bonds. The monoisotopic (exact) mass is 310 g/mol. The zero-order valence-corrected chi connectivity index (χ0v) is 13.3. The van der Waals surface area contributed by atoms with Gasteiger partial charge in [0.2, 0.25) is 0 Å². The molecule has 116 valence electrons. The predicted octanol–water partition coefficient (Wildman–Crippen LogP) is 1.63. The van der Waals surface area contributed by atoms with Crippen LogP contribution in [0, 0.1) is 0 Å². The Balaban J connectivity index is 2.02. The Bertz CT molecular complexity index is 1060. The highest BCUT2D eigenvalue weighted by Crippen LogP contribution is 2.22. The third kappa shape index (κ3) is 2.94. The quantitative estimate of drug-likeness (QED) is 0.763. The van der Waals surface area contributed by atoms with Crippen molar-refractivity contribution in [1.29, 1.82) is 0 Å². The van der Waals surface area contributed by atoms with E-state index in [4.69, 9.17) is 0 Å². The minimum Gasteiger partial charge on any atom is -0.384 e. The highest BCUT2D eigenvalue weighted by Gasteiger charge is 2.11. The molecule has 24 heavy (non-hydrogen) atoms. The van der Waals surface area contributed by atoms with Crippen molar-refractivity contribution in [3.05, 3.63) is 105 Å². The maximum atomic E-state index is 11.0. The summed E-state index contributed by atoms with van der Waals surface area (Å²) in [5, 5.41) is 15.4. The van der Waals surface area contributed by atoms with Gasteiger partial charge in [-0.1, -0.05) is 91.0 Å². The standard InChI is InChI=1S/C23H18O/c24-23(21-4-2-1-3-5-21)22-16-19-10-8-17(9-11-19)6-7-18-12-14-20(22)15-13-18/h1-16,23-24H. The van der Waals surface area contributed by atoms with Gasteiger partial charge in [-0.05, 0) is 38.1 Å². The van der Waals surface area contributed by atoms with Gasteiger partial charge >= 0.3 is 0 Å². The van der Waals surface area contributed by atoms with Gasteiger partial charge in [0.25, 0.3) is 0 Å². The molecule has 4 aliphatic rings. The van der Waals surface area contributed by atoms with Crippen molar-refractivity contribution in [3.63, 3.8) is 0 Å². The summed E-state index contributed by atoms with van der Waals surface area (Å²) >= 11 is 0. The highest BCUT2D eigenvalue weighted by atomic mass is 16.3. The lowest BCUT2D eigenvalue weighted by atomic mass is 9.97. The van der Waals surface area contributed by atoms with E-state index in [0.717, 1.165) is 26.8 Å². The Kier molecular flexibility index (Phi) is 3.86. The van der Waals surface area contributed by atoms with Gasteiger partial charge < -0.3 is 5.11 Å². The molecule has 0 heterocycles. The molecule has 0 aromatic heterocycles. The lowest BCUT2D eigenvalue weighted by molar-refractivity contribution is 0.239. The normalized spacial score (nSPS) is 14.0. The van der Waals surface area contributed by atoms with Gasteiger partial charge in [-0.25, -0.2) is 0 Å². The molecule has 4 bridgehead atoms. The molecule has 1 atom stereocenters. The van der Waals surface area contributed by atoms with Crippen molar-refractivity contribution in [1.82, 2.24) is 0 Å². The minimum atomic E-state index is -0.657. The van der Waals surface area contributed by atoms with Crippen molar-refractivity contribution in [2.24, 2.45) is 0 Å². The molecule has 3 aromatic carbocycles. The van der Waals surface area contributed by atoms with Crippen LogP contribution in [0.4, 0.5) is 0 Å². The van der Waals surface area contributed by atoms with E-state index < -0.39 is 6.10 Å². The van der Waals surface area contributed by atoms with E-state index in [1.807, 2.05) is 30.3 Å². The summed E-state index contributed by atoms with van der Waals surface area (Å²) in [6.07, 6.45) is 5.64. The third-order valence-electron chi connectivity index (χ3n) is 4.38. The second kappa shape index (κ2) is 6.31. The van der Waals surface area contributed by atoms with Crippen molar-refractivity contribution in [2.45, 2.75) is 6.10 Å². The molecule has 3 aromatic rings. The van der Waals surface area contributed by atoms with Crippen molar-refractivity contribution >= 4 is 23.8 Å². The van der Waals surface area contributed by atoms with E-state index >= 15 is 0 Å². The van der Waals surface area contributed by atoms with E-state index in [-0.39, 0.29) is 0 Å². The summed E-state index contributed by atoms with van der Waals surface area (Å²) in [6.45, 7) is 0. The molecular formula is C23H18O. The van der Waals surface area contributed by atoms with Crippen LogP contribution in [0.25, 0.3) is 23.8 Å². The Labute approximate surface area is 140 Å². The second-order valence-electron chi connectivity index (χ2n) is 6.03. The molecule has 4 aliphatic carbocycles. The molecule has 0 saturated carbocycles. The van der Waals surface area contributed by atoms with Gasteiger partial charge in [-0.3, -0.25) is 0 Å². The number of aliphatic hydroxyl groups is 1. The summed E-state index contributed by atoms with van der Waals surface area (Å²) < 4.78 is 0. The van der Waals surface area contributed by atoms with Crippen LogP contribution < -0.4 is 20.9 Å². The Morgan fingerprint density at radius 1 is 0.583 bits per heavy atom. The third-order valence-corrected chi connectivity index (χ3v) is 4.38. The predicted molar refractivity (Wildman–Crippen MR) is 99.6 cm³/mol. The maximum Gasteiger partial charge on any atom is 0.105 e. The smallest absolute Gasteiger partial charge is 0.105 e. The largest absolute Gasteiger partial charge is 0.384 e. The zero-order chi connectivity index (χ0) is 16.4. The van der Waals surface area contributed by atoms with Crippen molar-refractivity contribution in [2.75, 3.05) is 0 Å². The van der Waals surface area contributed by atoms with Gasteiger partial charge in [-0.2, -0.15) is 0 Å². The Morgan fingerprint density at radius 2 is 1.12 bits per heavy atom. The van der Waals surface area contributed by atoms with Crippen LogP contribution in [0.1, 0.15) is 11.7 Å². The summed E-state index contributed by atoms with van der Waals surface area (Å²) in [7, 11) is 0. The van der Waals surface area contributed by atoms with Crippen LogP contribution in [-0.2, 0) is 0 Å². The molecule has 7 rings (SSSR count). The molecule has 0 radical (unpaired) electrons. The van der Waals surface area contributed by atoms with Crippen LogP contribution in [0.15, 0.2) is 78.9 Å². The van der Waals surface area contributed by atoms with Gasteiger partial charge in [0.05, 0.1) is 0 Å². The lowest BCUT2D eigenvalue weighted by Gasteiger charge is -2.13. The maximum absolute atomic E-state index is 11.0. The van der Waals surface area contributed by atoms with Gasteiger partial charge in [0.15, 0.2) is 0 Å². The molecule has 1 N–H and O–H groups in total. The molecule has 1 nitrogen and oxygen atoms in total.